The topological polar surface area (TPSA) is 88.6 Å². The van der Waals surface area contributed by atoms with Crippen molar-refractivity contribution >= 4 is 21.0 Å². The van der Waals surface area contributed by atoms with E-state index in [2.05, 4.69) is 4.98 Å². The molecule has 3 rings (SSSR count). The Morgan fingerprint density at radius 2 is 1.92 bits per heavy atom. The van der Waals surface area contributed by atoms with E-state index in [1.165, 1.54) is 12.1 Å². The number of benzene rings is 2. The Kier molecular flexibility index (Phi) is 5.08. The van der Waals surface area contributed by atoms with Crippen molar-refractivity contribution in [3.63, 3.8) is 0 Å². The Morgan fingerprint density at radius 3 is 2.68 bits per heavy atom. The maximum atomic E-state index is 12.1. The van der Waals surface area contributed by atoms with Gasteiger partial charge in [0.05, 0.1) is 11.5 Å². The van der Waals surface area contributed by atoms with Crippen molar-refractivity contribution in [1.29, 1.82) is 0 Å². The third-order valence-electron chi connectivity index (χ3n) is 3.71. The van der Waals surface area contributed by atoms with Crippen molar-refractivity contribution in [2.24, 2.45) is 0 Å². The summed E-state index contributed by atoms with van der Waals surface area (Å²) in [5, 5.41) is 10.9. The van der Waals surface area contributed by atoms with Gasteiger partial charge in [-0.25, -0.2) is 0 Å². The smallest absolute Gasteiger partial charge is 0.297 e. The fourth-order valence-electron chi connectivity index (χ4n) is 2.36. The molecule has 0 bridgehead atoms. The largest absolute Gasteiger partial charge is 0.490 e. The third-order valence-corrected chi connectivity index (χ3v) is 5.01. The van der Waals surface area contributed by atoms with Gasteiger partial charge in [0.2, 0.25) is 0 Å². The number of aromatic amines is 1. The average Bonchev–Trinajstić information content (AvgIpc) is 3.08. The molecule has 0 unspecified atom stereocenters. The summed E-state index contributed by atoms with van der Waals surface area (Å²) in [6.07, 6.45) is 0.722. The molecule has 0 aliphatic heterocycles. The van der Waals surface area contributed by atoms with E-state index >= 15 is 0 Å². The summed E-state index contributed by atoms with van der Waals surface area (Å²) in [4.78, 5) is 3.13. The maximum Gasteiger partial charge on any atom is 0.297 e. The highest BCUT2D eigenvalue weighted by molar-refractivity contribution is 7.86. The Balaban J connectivity index is 1.57. The van der Waals surface area contributed by atoms with Crippen molar-refractivity contribution in [3.8, 4) is 5.75 Å². The van der Waals surface area contributed by atoms with Crippen LogP contribution in [0.3, 0.4) is 0 Å². The lowest BCUT2D eigenvalue weighted by atomic mass is 10.2. The summed E-state index contributed by atoms with van der Waals surface area (Å²) in [6.45, 7) is 1.41. The minimum absolute atomic E-state index is 0.0586. The number of aliphatic hydroxyl groups excluding tert-OH is 1. The minimum atomic E-state index is -3.90. The van der Waals surface area contributed by atoms with Gasteiger partial charge in [-0.3, -0.25) is 4.18 Å². The highest BCUT2D eigenvalue weighted by atomic mass is 32.2. The van der Waals surface area contributed by atoms with Crippen LogP contribution in [0.5, 0.6) is 5.75 Å². The van der Waals surface area contributed by atoms with Crippen molar-refractivity contribution in [3.05, 3.63) is 60.3 Å². The van der Waals surface area contributed by atoms with Crippen LogP contribution < -0.4 is 4.74 Å². The van der Waals surface area contributed by atoms with Crippen LogP contribution in [0.1, 0.15) is 5.56 Å². The molecule has 1 heterocycles. The summed E-state index contributed by atoms with van der Waals surface area (Å²) in [5.74, 6) is 0.610. The van der Waals surface area contributed by atoms with E-state index in [-0.39, 0.29) is 18.1 Å². The fourth-order valence-corrected chi connectivity index (χ4v) is 3.30. The van der Waals surface area contributed by atoms with Crippen LogP contribution in [0.25, 0.3) is 10.9 Å². The van der Waals surface area contributed by atoms with Crippen LogP contribution in [0, 0.1) is 6.92 Å². The standard InChI is InChI=1S/C18H19NO5S/c1-13-5-7-15(8-6-13)25(21,22)24-12-14(20)11-23-18-4-2-3-17-16(18)9-10-19-17/h2-10,14,19-20H,11-12H2,1H3/t14-/m1/s1/i12+2. The third kappa shape index (κ3) is 4.19. The van der Waals surface area contributed by atoms with E-state index in [1.807, 2.05) is 25.1 Å². The number of hydrogen-bond donors (Lipinski definition) is 2. The van der Waals surface area contributed by atoms with Gasteiger partial charge in [0.1, 0.15) is 18.5 Å². The molecule has 7 heteroatoms. The molecule has 0 spiro atoms. The highest BCUT2D eigenvalue weighted by Crippen LogP contribution is 2.24. The van der Waals surface area contributed by atoms with Crippen LogP contribution in [-0.4, -0.2) is 37.8 Å². The number of hydrogen-bond acceptors (Lipinski definition) is 5. The maximum absolute atomic E-state index is 12.1. The first kappa shape index (κ1) is 17.5. The lowest BCUT2D eigenvalue weighted by Crippen LogP contribution is -2.25. The molecule has 6 nitrogen and oxygen atoms in total. The quantitative estimate of drug-likeness (QED) is 0.630. The Bertz CT molecular complexity index is 947. The summed E-state index contributed by atoms with van der Waals surface area (Å²) in [5.41, 5.74) is 1.87. The van der Waals surface area contributed by atoms with Gasteiger partial charge >= 0.3 is 0 Å². The van der Waals surface area contributed by atoms with Gasteiger partial charge in [-0.1, -0.05) is 23.8 Å². The van der Waals surface area contributed by atoms with Crippen LogP contribution in [0.2, 0.25) is 0 Å². The first-order valence-corrected chi connectivity index (χ1v) is 9.19. The van der Waals surface area contributed by atoms with Crippen molar-refractivity contribution in [2.75, 3.05) is 13.2 Å². The molecule has 0 saturated heterocycles. The zero-order valence-electron chi connectivity index (χ0n) is 13.7. The molecule has 1 aromatic heterocycles. The van der Waals surface area contributed by atoms with Gasteiger partial charge in [0, 0.05) is 17.1 Å². The molecule has 2 N–H and O–H groups in total. The molecular formula is C18H19NO5S. The predicted octanol–water partition coefficient (Wildman–Crippen LogP) is 2.62. The van der Waals surface area contributed by atoms with E-state index in [4.69, 9.17) is 8.92 Å². The Morgan fingerprint density at radius 1 is 1.16 bits per heavy atom. The number of H-pyrrole nitrogens is 1. The second-order valence-corrected chi connectivity index (χ2v) is 7.33. The van der Waals surface area contributed by atoms with Crippen LogP contribution in [-0.2, 0) is 14.3 Å². The van der Waals surface area contributed by atoms with Crippen molar-refractivity contribution < 1.29 is 22.4 Å². The van der Waals surface area contributed by atoms with E-state index in [1.54, 1.807) is 24.4 Å². The molecule has 0 aliphatic carbocycles. The van der Waals surface area contributed by atoms with E-state index < -0.39 is 16.2 Å². The molecule has 2 aromatic carbocycles. The second kappa shape index (κ2) is 7.26. The number of aromatic nitrogens is 1. The Hall–Kier alpha value is -2.35. The zero-order chi connectivity index (χ0) is 17.9. The summed E-state index contributed by atoms with van der Waals surface area (Å²) in [7, 11) is -3.90. The second-order valence-electron chi connectivity index (χ2n) is 5.71. The fraction of sp³-hybridized carbons (Fsp3) is 0.222. The summed E-state index contributed by atoms with van der Waals surface area (Å²) < 4.78 is 34.7. The number of rotatable bonds is 7. The average molecular weight is 363 g/mol. The van der Waals surface area contributed by atoms with Crippen LogP contribution >= 0.6 is 0 Å². The number of fused-ring (bicyclic) bond motifs is 1. The van der Waals surface area contributed by atoms with Gasteiger partial charge in [-0.2, -0.15) is 8.42 Å². The molecule has 0 saturated carbocycles. The molecule has 0 fully saturated rings. The number of ether oxygens (including phenoxy) is 1. The predicted molar refractivity (Wildman–Crippen MR) is 94.1 cm³/mol. The van der Waals surface area contributed by atoms with Gasteiger partial charge in [0.25, 0.3) is 10.1 Å². The molecule has 25 heavy (non-hydrogen) atoms. The van der Waals surface area contributed by atoms with Gasteiger partial charge in [-0.15, -0.1) is 0 Å². The van der Waals surface area contributed by atoms with Crippen molar-refractivity contribution in [2.45, 2.75) is 17.9 Å². The molecule has 3 aromatic rings. The SMILES string of the molecule is Cc1ccc(S(=O)(=O)O[14CH2][C@H](O)COc2cccc3[nH]ccc23)cc1. The number of aliphatic hydroxyl groups is 1. The summed E-state index contributed by atoms with van der Waals surface area (Å²) >= 11 is 0. The van der Waals surface area contributed by atoms with Crippen LogP contribution in [0.15, 0.2) is 59.6 Å². The monoisotopic (exact) mass is 363 g/mol. The molecular weight excluding hydrogens is 344 g/mol. The zero-order valence-corrected chi connectivity index (χ0v) is 14.5. The molecule has 1 atom stereocenters. The van der Waals surface area contributed by atoms with Crippen molar-refractivity contribution in [1.82, 2.24) is 4.98 Å². The molecule has 0 aliphatic rings. The van der Waals surface area contributed by atoms with Gasteiger partial charge in [0.15, 0.2) is 0 Å². The molecule has 0 amide bonds. The molecule has 0 radical (unpaired) electrons. The lowest BCUT2D eigenvalue weighted by Gasteiger charge is -2.13. The van der Waals surface area contributed by atoms with E-state index in [0.29, 0.717) is 5.75 Å². The normalized spacial score (nSPS) is 13.0. The minimum Gasteiger partial charge on any atom is -0.490 e. The first-order valence-electron chi connectivity index (χ1n) is 7.79. The van der Waals surface area contributed by atoms with E-state index in [9.17, 15) is 13.5 Å². The Labute approximate surface area is 146 Å². The summed E-state index contributed by atoms with van der Waals surface area (Å²) in [6, 6.07) is 13.7. The lowest BCUT2D eigenvalue weighted by molar-refractivity contribution is 0.0654. The van der Waals surface area contributed by atoms with E-state index in [0.717, 1.165) is 16.5 Å². The number of nitrogens with one attached hydrogen (secondary N) is 1. The highest BCUT2D eigenvalue weighted by Gasteiger charge is 2.18. The van der Waals surface area contributed by atoms with Gasteiger partial charge < -0.3 is 14.8 Å². The van der Waals surface area contributed by atoms with Gasteiger partial charge in [-0.05, 0) is 37.3 Å². The number of aryl methyl sites for hydroxylation is 1. The molecule has 132 valence electrons. The first-order chi connectivity index (χ1) is 12.0. The van der Waals surface area contributed by atoms with Crippen LogP contribution in [0.4, 0.5) is 0 Å².